The fourth-order valence-electron chi connectivity index (χ4n) is 3.39. The summed E-state index contributed by atoms with van der Waals surface area (Å²) in [6.45, 7) is 4.45. The molecular formula is C23H29N3O2. The summed E-state index contributed by atoms with van der Waals surface area (Å²) in [5, 5.41) is 2.96. The molecule has 1 heterocycles. The van der Waals surface area contributed by atoms with Crippen LogP contribution in [0.3, 0.4) is 0 Å². The number of benzene rings is 2. The summed E-state index contributed by atoms with van der Waals surface area (Å²) in [6.07, 6.45) is 3.87. The number of carbonyl (C=O) groups is 2. The molecule has 0 saturated carbocycles. The van der Waals surface area contributed by atoms with Crippen molar-refractivity contribution in [3.8, 4) is 0 Å². The Morgan fingerprint density at radius 1 is 1.11 bits per heavy atom. The monoisotopic (exact) mass is 379 g/mol. The van der Waals surface area contributed by atoms with Crippen LogP contribution in [-0.2, 0) is 11.3 Å². The lowest BCUT2D eigenvalue weighted by Gasteiger charge is -2.19. The van der Waals surface area contributed by atoms with Crippen LogP contribution < -0.4 is 15.1 Å². The van der Waals surface area contributed by atoms with Gasteiger partial charge >= 0.3 is 0 Å². The third-order valence-electron chi connectivity index (χ3n) is 5.19. The van der Waals surface area contributed by atoms with Gasteiger partial charge in [-0.1, -0.05) is 25.5 Å². The first-order valence-corrected chi connectivity index (χ1v) is 10.1. The molecule has 1 saturated heterocycles. The Labute approximate surface area is 167 Å². The standard InChI is InChI=1S/C23H29N3O2/c1-3-4-15-25(2)20-13-9-19(10-14-20)23(28)24-17-18-7-11-21(12-8-18)26-16-5-6-22(26)27/h7-14H,3-6,15-17H2,1-2H3,(H,24,28). The topological polar surface area (TPSA) is 52.7 Å². The zero-order chi connectivity index (χ0) is 19.9. The van der Waals surface area contributed by atoms with E-state index in [1.165, 1.54) is 6.42 Å². The lowest BCUT2D eigenvalue weighted by molar-refractivity contribution is -0.117. The molecule has 0 atom stereocenters. The molecule has 3 rings (SSSR count). The molecule has 148 valence electrons. The van der Waals surface area contributed by atoms with Gasteiger partial charge in [-0.15, -0.1) is 0 Å². The molecule has 5 heteroatoms. The van der Waals surface area contributed by atoms with Crippen LogP contribution in [0.25, 0.3) is 0 Å². The molecule has 1 aliphatic heterocycles. The van der Waals surface area contributed by atoms with Crippen LogP contribution in [0.2, 0.25) is 0 Å². The van der Waals surface area contributed by atoms with Crippen LogP contribution in [0.5, 0.6) is 0 Å². The molecule has 1 fully saturated rings. The Hall–Kier alpha value is -2.82. The largest absolute Gasteiger partial charge is 0.375 e. The van der Waals surface area contributed by atoms with E-state index < -0.39 is 0 Å². The highest BCUT2D eigenvalue weighted by molar-refractivity contribution is 5.95. The van der Waals surface area contributed by atoms with Crippen LogP contribution in [0.4, 0.5) is 11.4 Å². The molecule has 1 N–H and O–H groups in total. The number of unbranched alkanes of at least 4 members (excludes halogenated alkanes) is 1. The molecule has 0 aliphatic carbocycles. The zero-order valence-electron chi connectivity index (χ0n) is 16.8. The molecule has 2 aromatic rings. The maximum absolute atomic E-state index is 12.4. The van der Waals surface area contributed by atoms with Gasteiger partial charge in [0.25, 0.3) is 5.91 Å². The smallest absolute Gasteiger partial charge is 0.251 e. The number of anilines is 2. The number of carbonyl (C=O) groups excluding carboxylic acids is 2. The lowest BCUT2D eigenvalue weighted by Crippen LogP contribution is -2.24. The van der Waals surface area contributed by atoms with E-state index in [0.717, 1.165) is 42.9 Å². The van der Waals surface area contributed by atoms with E-state index in [2.05, 4.69) is 24.2 Å². The van der Waals surface area contributed by atoms with E-state index in [-0.39, 0.29) is 11.8 Å². The second-order valence-corrected chi connectivity index (χ2v) is 7.32. The molecule has 0 aromatic heterocycles. The molecule has 2 aromatic carbocycles. The predicted molar refractivity (Wildman–Crippen MR) is 114 cm³/mol. The van der Waals surface area contributed by atoms with E-state index in [9.17, 15) is 9.59 Å². The highest BCUT2D eigenvalue weighted by Gasteiger charge is 2.21. The van der Waals surface area contributed by atoms with Crippen molar-refractivity contribution in [1.82, 2.24) is 5.32 Å². The fourth-order valence-corrected chi connectivity index (χ4v) is 3.39. The van der Waals surface area contributed by atoms with Crippen LogP contribution >= 0.6 is 0 Å². The van der Waals surface area contributed by atoms with Crippen molar-refractivity contribution >= 4 is 23.2 Å². The highest BCUT2D eigenvalue weighted by Crippen LogP contribution is 2.21. The number of hydrogen-bond donors (Lipinski definition) is 1. The number of rotatable bonds is 8. The van der Waals surface area contributed by atoms with Crippen molar-refractivity contribution in [2.45, 2.75) is 39.2 Å². The maximum atomic E-state index is 12.4. The number of amides is 2. The number of nitrogens with zero attached hydrogens (tertiary/aromatic N) is 2. The average Bonchev–Trinajstić information content (AvgIpc) is 3.16. The van der Waals surface area contributed by atoms with Gasteiger partial charge in [0.05, 0.1) is 0 Å². The molecule has 2 amide bonds. The van der Waals surface area contributed by atoms with E-state index in [1.807, 2.05) is 53.4 Å². The van der Waals surface area contributed by atoms with Crippen molar-refractivity contribution in [1.29, 1.82) is 0 Å². The molecule has 0 bridgehead atoms. The predicted octanol–water partition coefficient (Wildman–Crippen LogP) is 3.98. The average molecular weight is 380 g/mol. The summed E-state index contributed by atoms with van der Waals surface area (Å²) < 4.78 is 0. The Bertz CT molecular complexity index is 800. The van der Waals surface area contributed by atoms with E-state index >= 15 is 0 Å². The second kappa shape index (κ2) is 9.40. The van der Waals surface area contributed by atoms with Crippen molar-refractivity contribution in [2.24, 2.45) is 0 Å². The Kier molecular flexibility index (Phi) is 6.69. The minimum Gasteiger partial charge on any atom is -0.375 e. The minimum atomic E-state index is -0.0819. The summed E-state index contributed by atoms with van der Waals surface area (Å²) in [6, 6.07) is 15.6. The summed E-state index contributed by atoms with van der Waals surface area (Å²) >= 11 is 0. The van der Waals surface area contributed by atoms with E-state index in [1.54, 1.807) is 0 Å². The van der Waals surface area contributed by atoms with Crippen molar-refractivity contribution < 1.29 is 9.59 Å². The maximum Gasteiger partial charge on any atom is 0.251 e. The van der Waals surface area contributed by atoms with Gasteiger partial charge in [-0.25, -0.2) is 0 Å². The Morgan fingerprint density at radius 3 is 2.43 bits per heavy atom. The van der Waals surface area contributed by atoms with Gasteiger partial charge in [-0.05, 0) is 54.8 Å². The third kappa shape index (κ3) is 4.91. The van der Waals surface area contributed by atoms with Gasteiger partial charge in [0.2, 0.25) is 5.91 Å². The van der Waals surface area contributed by atoms with E-state index in [4.69, 9.17) is 0 Å². The third-order valence-corrected chi connectivity index (χ3v) is 5.19. The minimum absolute atomic E-state index is 0.0819. The summed E-state index contributed by atoms with van der Waals surface area (Å²) in [5.41, 5.74) is 3.73. The molecule has 28 heavy (non-hydrogen) atoms. The number of nitrogens with one attached hydrogen (secondary N) is 1. The van der Waals surface area contributed by atoms with Crippen LogP contribution in [-0.4, -0.2) is 32.0 Å². The first kappa shape index (κ1) is 19.9. The van der Waals surface area contributed by atoms with Crippen LogP contribution in [0.15, 0.2) is 48.5 Å². The van der Waals surface area contributed by atoms with Crippen molar-refractivity contribution in [3.63, 3.8) is 0 Å². The Morgan fingerprint density at radius 2 is 1.82 bits per heavy atom. The Balaban J connectivity index is 1.53. The zero-order valence-corrected chi connectivity index (χ0v) is 16.8. The van der Waals surface area contributed by atoms with Crippen LogP contribution in [0, 0.1) is 0 Å². The summed E-state index contributed by atoms with van der Waals surface area (Å²) in [5.74, 6) is 0.103. The van der Waals surface area contributed by atoms with Gasteiger partial charge in [0, 0.05) is 50.0 Å². The van der Waals surface area contributed by atoms with Gasteiger partial charge in [0.15, 0.2) is 0 Å². The summed E-state index contributed by atoms with van der Waals surface area (Å²) in [4.78, 5) is 28.3. The van der Waals surface area contributed by atoms with Gasteiger partial charge in [-0.3, -0.25) is 9.59 Å². The fraction of sp³-hybridized carbons (Fsp3) is 0.391. The van der Waals surface area contributed by atoms with Gasteiger partial charge in [-0.2, -0.15) is 0 Å². The molecule has 0 radical (unpaired) electrons. The number of hydrogen-bond acceptors (Lipinski definition) is 3. The molecular weight excluding hydrogens is 350 g/mol. The molecule has 5 nitrogen and oxygen atoms in total. The summed E-state index contributed by atoms with van der Waals surface area (Å²) in [7, 11) is 2.07. The highest BCUT2D eigenvalue weighted by atomic mass is 16.2. The van der Waals surface area contributed by atoms with Gasteiger partial charge in [0.1, 0.15) is 0 Å². The normalized spacial score (nSPS) is 13.6. The lowest BCUT2D eigenvalue weighted by atomic mass is 10.1. The first-order valence-electron chi connectivity index (χ1n) is 10.1. The quantitative estimate of drug-likeness (QED) is 0.755. The van der Waals surface area contributed by atoms with Gasteiger partial charge < -0.3 is 15.1 Å². The van der Waals surface area contributed by atoms with Crippen LogP contribution in [0.1, 0.15) is 48.5 Å². The molecule has 1 aliphatic rings. The second-order valence-electron chi connectivity index (χ2n) is 7.32. The molecule has 0 unspecified atom stereocenters. The molecule has 0 spiro atoms. The SMILES string of the molecule is CCCCN(C)c1ccc(C(=O)NCc2ccc(N3CCCC3=O)cc2)cc1. The van der Waals surface area contributed by atoms with Crippen molar-refractivity contribution in [2.75, 3.05) is 29.9 Å². The van der Waals surface area contributed by atoms with E-state index in [0.29, 0.717) is 18.5 Å². The van der Waals surface area contributed by atoms with Crippen molar-refractivity contribution in [3.05, 3.63) is 59.7 Å². The first-order chi connectivity index (χ1) is 13.6.